The summed E-state index contributed by atoms with van der Waals surface area (Å²) in [5, 5.41) is 1.80. The van der Waals surface area contributed by atoms with Gasteiger partial charge >= 0.3 is 0 Å². The highest BCUT2D eigenvalue weighted by molar-refractivity contribution is 7.89. The van der Waals surface area contributed by atoms with Gasteiger partial charge in [-0.15, -0.1) is 0 Å². The molecule has 1 N–H and O–H groups in total. The van der Waals surface area contributed by atoms with E-state index in [1.165, 1.54) is 5.56 Å². The van der Waals surface area contributed by atoms with Gasteiger partial charge in [0.2, 0.25) is 10.0 Å². The van der Waals surface area contributed by atoms with E-state index in [1.54, 1.807) is 19.2 Å². The lowest BCUT2D eigenvalue weighted by molar-refractivity contribution is 0.415. The zero-order chi connectivity index (χ0) is 20.4. The average Bonchev–Trinajstić information content (AvgIpc) is 2.66. The number of fused-ring (bicyclic) bond motifs is 1. The molecule has 0 aliphatic carbocycles. The van der Waals surface area contributed by atoms with Crippen molar-refractivity contribution in [3.05, 3.63) is 72.3 Å². The number of benzene rings is 3. The smallest absolute Gasteiger partial charge is 0.240 e. The van der Waals surface area contributed by atoms with Crippen molar-refractivity contribution in [3.63, 3.8) is 0 Å². The third-order valence-corrected chi connectivity index (χ3v) is 6.64. The fraction of sp³-hybridized carbons (Fsp3) is 0.304. The molecule has 0 saturated carbocycles. The van der Waals surface area contributed by atoms with E-state index in [2.05, 4.69) is 30.7 Å². The fourth-order valence-corrected chi connectivity index (χ4v) is 4.92. The summed E-state index contributed by atoms with van der Waals surface area (Å²) in [6.45, 7) is 6.18. The molecule has 0 aliphatic heterocycles. The van der Waals surface area contributed by atoms with Crippen molar-refractivity contribution in [3.8, 4) is 5.75 Å². The first-order chi connectivity index (χ1) is 13.2. The van der Waals surface area contributed by atoms with Crippen molar-refractivity contribution in [1.82, 2.24) is 4.72 Å². The normalized spacial score (nSPS) is 13.4. The zero-order valence-electron chi connectivity index (χ0n) is 16.8. The molecule has 0 bridgehead atoms. The van der Waals surface area contributed by atoms with Gasteiger partial charge < -0.3 is 4.74 Å². The molecule has 28 heavy (non-hydrogen) atoms. The molecule has 0 unspecified atom stereocenters. The van der Waals surface area contributed by atoms with Gasteiger partial charge in [-0.2, -0.15) is 0 Å². The summed E-state index contributed by atoms with van der Waals surface area (Å²) in [5.41, 5.74) is 1.06. The maximum Gasteiger partial charge on any atom is 0.240 e. The molecule has 0 saturated heterocycles. The first-order valence-electron chi connectivity index (χ1n) is 9.37. The first-order valence-corrected chi connectivity index (χ1v) is 10.9. The highest BCUT2D eigenvalue weighted by atomic mass is 32.2. The van der Waals surface area contributed by atoms with Crippen molar-refractivity contribution < 1.29 is 13.2 Å². The summed E-state index contributed by atoms with van der Waals surface area (Å²) < 4.78 is 33.8. The van der Waals surface area contributed by atoms with Crippen molar-refractivity contribution in [2.24, 2.45) is 0 Å². The molecule has 3 aromatic carbocycles. The zero-order valence-corrected chi connectivity index (χ0v) is 17.6. The molecule has 5 heteroatoms. The lowest BCUT2D eigenvalue weighted by Crippen LogP contribution is -2.37. The van der Waals surface area contributed by atoms with Gasteiger partial charge in [0.05, 0.1) is 12.0 Å². The van der Waals surface area contributed by atoms with Crippen molar-refractivity contribution in [1.29, 1.82) is 0 Å². The quantitative estimate of drug-likeness (QED) is 0.618. The number of hydrogen-bond donors (Lipinski definition) is 1. The standard InChI is InChI=1S/C23H27NO3S/c1-17(16-23(2,3)20-8-6-5-7-9-20)24-28(25,26)22-13-11-18-14-21(27-4)12-10-19(18)15-22/h5-15,17,24H,16H2,1-4H3/t17-/m0/s1. The molecule has 1 atom stereocenters. The van der Waals surface area contributed by atoms with Crippen LogP contribution < -0.4 is 9.46 Å². The van der Waals surface area contributed by atoms with Gasteiger partial charge in [0.1, 0.15) is 5.75 Å². The number of rotatable bonds is 7. The topological polar surface area (TPSA) is 55.4 Å². The fourth-order valence-electron chi connectivity index (χ4n) is 3.64. The van der Waals surface area contributed by atoms with Crippen molar-refractivity contribution >= 4 is 20.8 Å². The molecular formula is C23H27NO3S. The van der Waals surface area contributed by atoms with Gasteiger partial charge in [-0.25, -0.2) is 13.1 Å². The Morgan fingerprint density at radius 1 is 0.964 bits per heavy atom. The van der Waals surface area contributed by atoms with Crippen LogP contribution in [0.1, 0.15) is 32.8 Å². The monoisotopic (exact) mass is 397 g/mol. The highest BCUT2D eigenvalue weighted by Crippen LogP contribution is 2.29. The van der Waals surface area contributed by atoms with E-state index in [0.29, 0.717) is 6.42 Å². The van der Waals surface area contributed by atoms with Crippen LogP contribution in [0.5, 0.6) is 5.75 Å². The van der Waals surface area contributed by atoms with E-state index in [1.807, 2.05) is 49.4 Å². The summed E-state index contributed by atoms with van der Waals surface area (Å²) >= 11 is 0. The maximum atomic E-state index is 12.9. The van der Waals surface area contributed by atoms with E-state index < -0.39 is 10.0 Å². The molecule has 3 aromatic rings. The van der Waals surface area contributed by atoms with E-state index in [0.717, 1.165) is 16.5 Å². The van der Waals surface area contributed by atoms with Crippen LogP contribution in [-0.2, 0) is 15.4 Å². The Labute approximate surface area is 167 Å². The van der Waals surface area contributed by atoms with Gasteiger partial charge in [-0.3, -0.25) is 0 Å². The minimum atomic E-state index is -3.60. The van der Waals surface area contributed by atoms with Gasteiger partial charge in [0.15, 0.2) is 0 Å². The van der Waals surface area contributed by atoms with Crippen LogP contribution in [0.3, 0.4) is 0 Å². The minimum absolute atomic E-state index is 0.136. The SMILES string of the molecule is COc1ccc2cc(S(=O)(=O)N[C@@H](C)CC(C)(C)c3ccccc3)ccc2c1. The predicted octanol–water partition coefficient (Wildman–Crippen LogP) is 4.88. The van der Waals surface area contributed by atoms with Crippen molar-refractivity contribution in [2.45, 2.75) is 43.5 Å². The molecule has 0 spiro atoms. The lowest BCUT2D eigenvalue weighted by Gasteiger charge is -2.29. The summed E-state index contributed by atoms with van der Waals surface area (Å²) in [7, 11) is -1.99. The van der Waals surface area contributed by atoms with E-state index in [9.17, 15) is 8.42 Å². The molecule has 0 radical (unpaired) electrons. The predicted molar refractivity (Wildman–Crippen MR) is 114 cm³/mol. The Hall–Kier alpha value is -2.37. The number of hydrogen-bond acceptors (Lipinski definition) is 3. The highest BCUT2D eigenvalue weighted by Gasteiger charge is 2.26. The summed E-state index contributed by atoms with van der Waals surface area (Å²) in [6.07, 6.45) is 0.695. The molecule has 0 amide bonds. The third kappa shape index (κ3) is 4.54. The second kappa shape index (κ2) is 7.94. The van der Waals surface area contributed by atoms with E-state index in [4.69, 9.17) is 4.74 Å². The third-order valence-electron chi connectivity index (χ3n) is 5.06. The Balaban J connectivity index is 1.78. The second-order valence-electron chi connectivity index (χ2n) is 7.85. The average molecular weight is 398 g/mol. The molecule has 4 nitrogen and oxygen atoms in total. The number of nitrogens with one attached hydrogen (secondary N) is 1. The molecule has 148 valence electrons. The van der Waals surface area contributed by atoms with E-state index in [-0.39, 0.29) is 16.4 Å². The first kappa shape index (κ1) is 20.4. The summed E-state index contributed by atoms with van der Waals surface area (Å²) in [6, 6.07) is 20.7. The van der Waals surface area contributed by atoms with Gasteiger partial charge in [0.25, 0.3) is 0 Å². The number of sulfonamides is 1. The van der Waals surface area contributed by atoms with Crippen LogP contribution in [0, 0.1) is 0 Å². The van der Waals surface area contributed by atoms with Crippen molar-refractivity contribution in [2.75, 3.05) is 7.11 Å². The van der Waals surface area contributed by atoms with Gasteiger partial charge in [-0.1, -0.05) is 56.3 Å². The Morgan fingerprint density at radius 3 is 2.29 bits per heavy atom. The van der Waals surface area contributed by atoms with Crippen LogP contribution >= 0.6 is 0 Å². The largest absolute Gasteiger partial charge is 0.497 e. The number of methoxy groups -OCH3 is 1. The minimum Gasteiger partial charge on any atom is -0.497 e. The Bertz CT molecular complexity index is 1060. The molecule has 0 aromatic heterocycles. The van der Waals surface area contributed by atoms with Gasteiger partial charge in [-0.05, 0) is 59.4 Å². The van der Waals surface area contributed by atoms with Crippen LogP contribution in [0.25, 0.3) is 10.8 Å². The lowest BCUT2D eigenvalue weighted by atomic mass is 9.79. The molecule has 0 fully saturated rings. The molecular weight excluding hydrogens is 370 g/mol. The summed E-state index contributed by atoms with van der Waals surface area (Å²) in [4.78, 5) is 0.273. The Morgan fingerprint density at radius 2 is 1.61 bits per heavy atom. The molecule has 3 rings (SSSR count). The molecule has 0 heterocycles. The number of ether oxygens (including phenoxy) is 1. The van der Waals surface area contributed by atoms with Crippen LogP contribution in [0.4, 0.5) is 0 Å². The van der Waals surface area contributed by atoms with Crippen LogP contribution in [0.2, 0.25) is 0 Å². The Kier molecular flexibility index (Phi) is 5.77. The van der Waals surface area contributed by atoms with Crippen LogP contribution in [-0.4, -0.2) is 21.6 Å². The maximum absolute atomic E-state index is 12.9. The van der Waals surface area contributed by atoms with Gasteiger partial charge in [0, 0.05) is 6.04 Å². The van der Waals surface area contributed by atoms with E-state index >= 15 is 0 Å². The summed E-state index contributed by atoms with van der Waals surface area (Å²) in [5.74, 6) is 0.748. The second-order valence-corrected chi connectivity index (χ2v) is 9.57. The molecule has 0 aliphatic rings. The van der Waals surface area contributed by atoms with Crippen LogP contribution in [0.15, 0.2) is 71.6 Å².